The fourth-order valence-corrected chi connectivity index (χ4v) is 3.37. The van der Waals surface area contributed by atoms with Crippen molar-refractivity contribution >= 4 is 0 Å². The third kappa shape index (κ3) is 3.12. The molecule has 2 N–H and O–H groups in total. The van der Waals surface area contributed by atoms with Crippen LogP contribution in [-0.4, -0.2) is 23.9 Å². The lowest BCUT2D eigenvalue weighted by Gasteiger charge is -2.35. The van der Waals surface area contributed by atoms with E-state index in [0.29, 0.717) is 13.1 Å². The second kappa shape index (κ2) is 6.34. The molecule has 5 nitrogen and oxygen atoms in total. The zero-order valence-electron chi connectivity index (χ0n) is 14.0. The van der Waals surface area contributed by atoms with Gasteiger partial charge in [-0.1, -0.05) is 11.2 Å². The maximum Gasteiger partial charge on any atom is 0.138 e. The Morgan fingerprint density at radius 3 is 2.91 bits per heavy atom. The number of hydrogen-bond donors (Lipinski definition) is 2. The second-order valence-electron chi connectivity index (χ2n) is 6.31. The molecule has 0 saturated carbocycles. The maximum absolute atomic E-state index is 11.2. The van der Waals surface area contributed by atoms with Gasteiger partial charge in [-0.15, -0.1) is 0 Å². The van der Waals surface area contributed by atoms with Crippen LogP contribution >= 0.6 is 0 Å². The van der Waals surface area contributed by atoms with Crippen molar-refractivity contribution in [2.24, 2.45) is 0 Å². The first kappa shape index (κ1) is 16.0. The molecule has 0 spiro atoms. The van der Waals surface area contributed by atoms with E-state index in [9.17, 15) is 5.11 Å². The molecule has 0 saturated heterocycles. The minimum atomic E-state index is -0.860. The van der Waals surface area contributed by atoms with E-state index in [1.807, 2.05) is 26.0 Å². The fraction of sp³-hybridized carbons (Fsp3) is 0.500. The van der Waals surface area contributed by atoms with Gasteiger partial charge in [0.25, 0.3) is 0 Å². The Morgan fingerprint density at radius 2 is 2.22 bits per heavy atom. The maximum atomic E-state index is 11.2. The molecule has 1 aliphatic carbocycles. The van der Waals surface area contributed by atoms with Crippen molar-refractivity contribution in [2.75, 3.05) is 13.7 Å². The first-order valence-electron chi connectivity index (χ1n) is 8.06. The Hall–Kier alpha value is -1.85. The van der Waals surface area contributed by atoms with Crippen LogP contribution in [0.2, 0.25) is 0 Å². The van der Waals surface area contributed by atoms with Gasteiger partial charge in [0.1, 0.15) is 17.1 Å². The van der Waals surface area contributed by atoms with Crippen LogP contribution in [0.5, 0.6) is 5.75 Å². The number of aryl methyl sites for hydroxylation is 3. The monoisotopic (exact) mass is 316 g/mol. The summed E-state index contributed by atoms with van der Waals surface area (Å²) in [4.78, 5) is 0. The molecule has 2 aromatic rings. The molecule has 0 aliphatic heterocycles. The summed E-state index contributed by atoms with van der Waals surface area (Å²) >= 11 is 0. The molecule has 124 valence electrons. The highest BCUT2D eigenvalue weighted by Gasteiger charge is 2.34. The van der Waals surface area contributed by atoms with Gasteiger partial charge in [-0.3, -0.25) is 0 Å². The summed E-state index contributed by atoms with van der Waals surface area (Å²) in [6.07, 6.45) is 2.75. The van der Waals surface area contributed by atoms with Crippen LogP contribution in [0.25, 0.3) is 0 Å². The fourth-order valence-electron chi connectivity index (χ4n) is 3.37. The molecule has 0 fully saturated rings. The summed E-state index contributed by atoms with van der Waals surface area (Å²) in [5.74, 6) is 1.61. The molecule has 0 amide bonds. The van der Waals surface area contributed by atoms with Crippen molar-refractivity contribution in [3.63, 3.8) is 0 Å². The van der Waals surface area contributed by atoms with E-state index in [1.165, 1.54) is 5.56 Å². The van der Waals surface area contributed by atoms with E-state index >= 15 is 0 Å². The molecular formula is C18H24N2O3. The molecule has 1 atom stereocenters. The van der Waals surface area contributed by atoms with Gasteiger partial charge < -0.3 is 19.7 Å². The van der Waals surface area contributed by atoms with Crippen LogP contribution in [-0.2, 0) is 18.6 Å². The molecular weight excluding hydrogens is 292 g/mol. The number of benzene rings is 1. The third-order valence-corrected chi connectivity index (χ3v) is 4.76. The lowest BCUT2D eigenvalue weighted by molar-refractivity contribution is 0.0187. The van der Waals surface area contributed by atoms with Gasteiger partial charge in [0.15, 0.2) is 0 Å². The number of hydrogen-bond acceptors (Lipinski definition) is 5. The smallest absolute Gasteiger partial charge is 0.138 e. The van der Waals surface area contributed by atoms with Crippen LogP contribution in [0.3, 0.4) is 0 Å². The quantitative estimate of drug-likeness (QED) is 0.887. The van der Waals surface area contributed by atoms with Crippen LogP contribution in [0.1, 0.15) is 41.0 Å². The van der Waals surface area contributed by atoms with Crippen molar-refractivity contribution in [1.82, 2.24) is 10.5 Å². The van der Waals surface area contributed by atoms with E-state index in [1.54, 1.807) is 7.11 Å². The number of rotatable bonds is 5. The SMILES string of the molecule is COc1ccc2c(c1)C(O)(CNCc1c(C)noc1C)CCC2. The average molecular weight is 316 g/mol. The van der Waals surface area contributed by atoms with Gasteiger partial charge in [0, 0.05) is 18.7 Å². The summed E-state index contributed by atoms with van der Waals surface area (Å²) in [6.45, 7) is 4.98. The lowest BCUT2D eigenvalue weighted by atomic mass is 9.79. The highest BCUT2D eigenvalue weighted by Crippen LogP contribution is 2.37. The molecule has 5 heteroatoms. The van der Waals surface area contributed by atoms with Gasteiger partial charge >= 0.3 is 0 Å². The van der Waals surface area contributed by atoms with Gasteiger partial charge in [-0.05, 0) is 56.4 Å². The van der Waals surface area contributed by atoms with Crippen molar-refractivity contribution in [3.05, 3.63) is 46.3 Å². The van der Waals surface area contributed by atoms with Crippen molar-refractivity contribution in [3.8, 4) is 5.75 Å². The number of aromatic nitrogens is 1. The highest BCUT2D eigenvalue weighted by atomic mass is 16.5. The van der Waals surface area contributed by atoms with Crippen molar-refractivity contribution < 1.29 is 14.4 Å². The minimum absolute atomic E-state index is 0.497. The number of methoxy groups -OCH3 is 1. The molecule has 1 aromatic heterocycles. The van der Waals surface area contributed by atoms with Gasteiger partial charge in [-0.25, -0.2) is 0 Å². The predicted molar refractivity (Wildman–Crippen MR) is 87.5 cm³/mol. The Morgan fingerprint density at radius 1 is 1.39 bits per heavy atom. The van der Waals surface area contributed by atoms with E-state index in [2.05, 4.69) is 16.5 Å². The van der Waals surface area contributed by atoms with Crippen LogP contribution < -0.4 is 10.1 Å². The molecule has 1 unspecified atom stereocenters. The Labute approximate surface area is 136 Å². The molecule has 1 aromatic carbocycles. The van der Waals surface area contributed by atoms with E-state index in [-0.39, 0.29) is 0 Å². The number of aliphatic hydroxyl groups is 1. The zero-order valence-corrected chi connectivity index (χ0v) is 14.0. The number of ether oxygens (including phenoxy) is 1. The summed E-state index contributed by atoms with van der Waals surface area (Å²) in [6, 6.07) is 5.99. The summed E-state index contributed by atoms with van der Waals surface area (Å²) < 4.78 is 10.5. The molecule has 0 bridgehead atoms. The van der Waals surface area contributed by atoms with Crippen LogP contribution in [0, 0.1) is 13.8 Å². The van der Waals surface area contributed by atoms with Gasteiger partial charge in [0.05, 0.1) is 12.8 Å². The topological polar surface area (TPSA) is 67.5 Å². The van der Waals surface area contributed by atoms with E-state index in [4.69, 9.17) is 9.26 Å². The van der Waals surface area contributed by atoms with Gasteiger partial charge in [0.2, 0.25) is 0 Å². The number of fused-ring (bicyclic) bond motifs is 1. The molecule has 1 heterocycles. The molecule has 3 rings (SSSR count). The number of nitrogens with zero attached hydrogens (tertiary/aromatic N) is 1. The number of nitrogens with one attached hydrogen (secondary N) is 1. The standard InChI is InChI=1S/C18H24N2O3/c1-12-16(13(2)23-20-12)10-19-11-18(21)8-4-5-14-6-7-15(22-3)9-17(14)18/h6-7,9,19,21H,4-5,8,10-11H2,1-3H3. The minimum Gasteiger partial charge on any atom is -0.497 e. The van der Waals surface area contributed by atoms with Gasteiger partial charge in [-0.2, -0.15) is 0 Å². The van der Waals surface area contributed by atoms with Crippen LogP contribution in [0.4, 0.5) is 0 Å². The molecule has 23 heavy (non-hydrogen) atoms. The summed E-state index contributed by atoms with van der Waals surface area (Å²) in [5, 5.41) is 18.5. The van der Waals surface area contributed by atoms with E-state index < -0.39 is 5.60 Å². The molecule has 1 aliphatic rings. The van der Waals surface area contributed by atoms with Crippen LogP contribution in [0.15, 0.2) is 22.7 Å². The zero-order chi connectivity index (χ0) is 16.4. The first-order chi connectivity index (χ1) is 11.0. The van der Waals surface area contributed by atoms with Crippen molar-refractivity contribution in [1.29, 1.82) is 0 Å². The summed E-state index contributed by atoms with van der Waals surface area (Å²) in [7, 11) is 1.65. The Balaban J connectivity index is 1.75. The first-order valence-corrected chi connectivity index (χ1v) is 8.06. The Bertz CT molecular complexity index is 676. The van der Waals surface area contributed by atoms with Crippen molar-refractivity contribution in [2.45, 2.75) is 45.3 Å². The molecule has 0 radical (unpaired) electrons. The second-order valence-corrected chi connectivity index (χ2v) is 6.31. The van der Waals surface area contributed by atoms with E-state index in [0.717, 1.165) is 47.6 Å². The lowest BCUT2D eigenvalue weighted by Crippen LogP contribution is -2.40. The third-order valence-electron chi connectivity index (χ3n) is 4.76. The predicted octanol–water partition coefficient (Wildman–Crippen LogP) is 2.61. The highest BCUT2D eigenvalue weighted by molar-refractivity contribution is 5.41. The largest absolute Gasteiger partial charge is 0.497 e. The average Bonchev–Trinajstić information content (AvgIpc) is 2.87. The normalized spacial score (nSPS) is 20.3. The Kier molecular flexibility index (Phi) is 4.41. The summed E-state index contributed by atoms with van der Waals surface area (Å²) in [5.41, 5.74) is 3.29.